The fourth-order valence-corrected chi connectivity index (χ4v) is 4.78. The highest BCUT2D eigenvalue weighted by atomic mass is 16.5. The fraction of sp³-hybridized carbons (Fsp3) is 0.345. The number of benzene rings is 2. The van der Waals surface area contributed by atoms with E-state index in [9.17, 15) is 14.4 Å². The average molecular weight is 546 g/mol. The molecule has 208 valence electrons. The molecule has 11 nitrogen and oxygen atoms in total. The van der Waals surface area contributed by atoms with E-state index in [1.165, 1.54) is 19.5 Å². The Labute approximate surface area is 231 Å². The number of hydrogen-bond acceptors (Lipinski definition) is 8. The van der Waals surface area contributed by atoms with Crippen molar-refractivity contribution in [2.75, 3.05) is 26.8 Å². The van der Waals surface area contributed by atoms with Crippen LogP contribution in [0.4, 0.5) is 0 Å². The molecule has 40 heavy (non-hydrogen) atoms. The summed E-state index contributed by atoms with van der Waals surface area (Å²) in [5, 5.41) is 13.5. The van der Waals surface area contributed by atoms with Crippen LogP contribution >= 0.6 is 0 Å². The van der Waals surface area contributed by atoms with E-state index < -0.39 is 6.04 Å². The highest BCUT2D eigenvalue weighted by molar-refractivity contribution is 5.94. The minimum Gasteiger partial charge on any atom is -0.493 e. The molecule has 3 aromatic rings. The number of aromatic nitrogens is 2. The van der Waals surface area contributed by atoms with Gasteiger partial charge in [-0.2, -0.15) is 10.2 Å². The van der Waals surface area contributed by atoms with Gasteiger partial charge in [0.05, 0.1) is 31.1 Å². The summed E-state index contributed by atoms with van der Waals surface area (Å²) < 4.78 is 17.5. The summed E-state index contributed by atoms with van der Waals surface area (Å²) in [4.78, 5) is 40.2. The molecule has 1 aromatic heterocycles. The first-order chi connectivity index (χ1) is 19.5. The quantitative estimate of drug-likeness (QED) is 0.499. The van der Waals surface area contributed by atoms with Gasteiger partial charge in [-0.15, -0.1) is 0 Å². The Morgan fingerprint density at radius 2 is 1.85 bits per heavy atom. The standard InChI is InChI=1S/C29H31N5O6/c1-38-26-14-19-4-8-25(26)39-18-28(36)33-23-17-34(29(37)21-10-12-31-32-16-21)13-11-24(23)40-22-6-2-20(3-7-22)15-30-27(35)9-5-19/h2-4,6-8,10,12,14,16,23-24H,5,9,11,13,15,17-18H2,1H3,(H,30,35)(H,33,36)/t23-,24-/m1/s1. The number of piperidine rings is 1. The van der Waals surface area contributed by atoms with Gasteiger partial charge in [-0.1, -0.05) is 18.2 Å². The lowest BCUT2D eigenvalue weighted by molar-refractivity contribution is -0.125. The number of likely N-dealkylation sites (tertiary alicyclic amines) is 1. The molecule has 8 rings (SSSR count). The number of amides is 3. The van der Waals surface area contributed by atoms with Gasteiger partial charge in [0.25, 0.3) is 11.8 Å². The van der Waals surface area contributed by atoms with Crippen LogP contribution in [0.15, 0.2) is 60.9 Å². The molecule has 4 bridgehead atoms. The van der Waals surface area contributed by atoms with Gasteiger partial charge in [0.2, 0.25) is 5.91 Å². The molecule has 6 heterocycles. The van der Waals surface area contributed by atoms with Gasteiger partial charge in [0.15, 0.2) is 18.1 Å². The Balaban J connectivity index is 1.37. The Bertz CT molecular complexity index is 1350. The molecular formula is C29H31N5O6. The van der Waals surface area contributed by atoms with E-state index in [-0.39, 0.29) is 37.0 Å². The van der Waals surface area contributed by atoms with Crippen LogP contribution < -0.4 is 24.8 Å². The average Bonchev–Trinajstić information content (AvgIpc) is 2.99. The highest BCUT2D eigenvalue weighted by Crippen LogP contribution is 2.29. The van der Waals surface area contributed by atoms with E-state index in [1.807, 2.05) is 30.3 Å². The van der Waals surface area contributed by atoms with Gasteiger partial charge in [-0.25, -0.2) is 0 Å². The topological polar surface area (TPSA) is 132 Å². The third-order valence-electron chi connectivity index (χ3n) is 6.94. The predicted octanol–water partition coefficient (Wildman–Crippen LogP) is 1.90. The maximum Gasteiger partial charge on any atom is 0.258 e. The van der Waals surface area contributed by atoms with E-state index in [1.54, 1.807) is 23.1 Å². The zero-order valence-corrected chi connectivity index (χ0v) is 22.2. The van der Waals surface area contributed by atoms with Crippen molar-refractivity contribution in [1.82, 2.24) is 25.7 Å². The number of carbonyl (C=O) groups is 3. The summed E-state index contributed by atoms with van der Waals surface area (Å²) in [5.41, 5.74) is 2.28. The maximum atomic E-state index is 13.1. The first-order valence-corrected chi connectivity index (χ1v) is 13.2. The summed E-state index contributed by atoms with van der Waals surface area (Å²) in [6, 6.07) is 14.0. The SMILES string of the molecule is COc1cc2ccc1OCC(=O)N[C@@H]1CN(C(=O)c3ccnnc3)CC[C@H]1Oc1ccc(cc1)CNC(=O)CC2. The third kappa shape index (κ3) is 6.66. The van der Waals surface area contributed by atoms with Gasteiger partial charge in [-0.3, -0.25) is 14.4 Å². The number of nitrogens with one attached hydrogen (secondary N) is 2. The Morgan fingerprint density at radius 3 is 2.62 bits per heavy atom. The molecule has 0 unspecified atom stereocenters. The molecule has 0 radical (unpaired) electrons. The zero-order valence-electron chi connectivity index (χ0n) is 22.2. The lowest BCUT2D eigenvalue weighted by atomic mass is 10.0. The third-order valence-corrected chi connectivity index (χ3v) is 6.94. The van der Waals surface area contributed by atoms with Crippen LogP contribution in [-0.2, 0) is 22.6 Å². The molecule has 1 fully saturated rings. The van der Waals surface area contributed by atoms with Crippen molar-refractivity contribution >= 4 is 17.7 Å². The molecule has 0 aliphatic carbocycles. The molecule has 5 aliphatic rings. The number of methoxy groups -OCH3 is 1. The van der Waals surface area contributed by atoms with Gasteiger partial charge in [0, 0.05) is 32.5 Å². The summed E-state index contributed by atoms with van der Waals surface area (Å²) in [5.74, 6) is 0.914. The van der Waals surface area contributed by atoms with E-state index in [0.29, 0.717) is 55.2 Å². The lowest BCUT2D eigenvalue weighted by Crippen LogP contribution is -2.58. The number of aryl methyl sites for hydroxylation is 1. The van der Waals surface area contributed by atoms with E-state index in [2.05, 4.69) is 20.8 Å². The number of hydrogen-bond donors (Lipinski definition) is 2. The van der Waals surface area contributed by atoms with Crippen LogP contribution in [0.2, 0.25) is 0 Å². The second-order valence-corrected chi connectivity index (χ2v) is 9.70. The van der Waals surface area contributed by atoms with Crippen LogP contribution in [0, 0.1) is 0 Å². The molecule has 11 heteroatoms. The van der Waals surface area contributed by atoms with Crippen LogP contribution in [0.25, 0.3) is 0 Å². The minimum atomic E-state index is -0.488. The van der Waals surface area contributed by atoms with Crippen LogP contribution in [0.1, 0.15) is 34.3 Å². The molecule has 0 saturated carbocycles. The number of rotatable bonds is 2. The summed E-state index contributed by atoms with van der Waals surface area (Å²) in [7, 11) is 1.52. The molecule has 0 spiro atoms. The van der Waals surface area contributed by atoms with E-state index in [0.717, 1.165) is 11.1 Å². The van der Waals surface area contributed by atoms with Gasteiger partial charge in [-0.05, 0) is 47.9 Å². The monoisotopic (exact) mass is 545 g/mol. The van der Waals surface area contributed by atoms with Crippen molar-refractivity contribution in [2.24, 2.45) is 0 Å². The molecular weight excluding hydrogens is 514 g/mol. The molecule has 1 saturated heterocycles. The van der Waals surface area contributed by atoms with Crippen LogP contribution in [0.3, 0.4) is 0 Å². The van der Waals surface area contributed by atoms with Gasteiger partial charge in [0.1, 0.15) is 11.9 Å². The van der Waals surface area contributed by atoms with E-state index in [4.69, 9.17) is 14.2 Å². The van der Waals surface area contributed by atoms with Crippen LogP contribution in [-0.4, -0.2) is 71.8 Å². The molecule has 2 atom stereocenters. The van der Waals surface area contributed by atoms with Crippen molar-refractivity contribution in [3.63, 3.8) is 0 Å². The molecule has 2 N–H and O–H groups in total. The van der Waals surface area contributed by atoms with E-state index >= 15 is 0 Å². The maximum absolute atomic E-state index is 13.1. The van der Waals surface area contributed by atoms with Crippen LogP contribution in [0.5, 0.6) is 17.2 Å². The normalized spacial score (nSPS) is 19.9. The second-order valence-electron chi connectivity index (χ2n) is 9.70. The summed E-state index contributed by atoms with van der Waals surface area (Å²) >= 11 is 0. The van der Waals surface area contributed by atoms with Gasteiger partial charge < -0.3 is 29.7 Å². The molecule has 3 amide bonds. The number of nitrogens with zero attached hydrogens (tertiary/aromatic N) is 3. The Hall–Kier alpha value is -4.67. The first kappa shape index (κ1) is 26.9. The van der Waals surface area contributed by atoms with Crippen molar-refractivity contribution in [2.45, 2.75) is 38.0 Å². The number of carbonyl (C=O) groups excluding carboxylic acids is 3. The lowest BCUT2D eigenvalue weighted by Gasteiger charge is -2.38. The Morgan fingerprint density at radius 1 is 1.02 bits per heavy atom. The second kappa shape index (κ2) is 12.5. The largest absolute Gasteiger partial charge is 0.493 e. The predicted molar refractivity (Wildman–Crippen MR) is 144 cm³/mol. The first-order valence-electron chi connectivity index (χ1n) is 13.2. The Kier molecular flexibility index (Phi) is 8.38. The van der Waals surface area contributed by atoms with Crippen molar-refractivity contribution in [3.8, 4) is 17.2 Å². The molecule has 5 aliphatic heterocycles. The summed E-state index contributed by atoms with van der Waals surface area (Å²) in [6.45, 7) is 0.846. The minimum absolute atomic E-state index is 0.0580. The van der Waals surface area contributed by atoms with Gasteiger partial charge >= 0.3 is 0 Å². The highest BCUT2D eigenvalue weighted by Gasteiger charge is 2.34. The molecule has 2 aromatic carbocycles. The zero-order chi connectivity index (χ0) is 27.9. The van der Waals surface area contributed by atoms with Crippen molar-refractivity contribution < 1.29 is 28.6 Å². The summed E-state index contributed by atoms with van der Waals surface area (Å²) in [6.07, 6.45) is 3.88. The van der Waals surface area contributed by atoms with Crippen molar-refractivity contribution in [3.05, 3.63) is 77.6 Å². The number of ether oxygens (including phenoxy) is 3. The smallest absolute Gasteiger partial charge is 0.258 e. The van der Waals surface area contributed by atoms with Crippen molar-refractivity contribution in [1.29, 1.82) is 0 Å². The fourth-order valence-electron chi connectivity index (χ4n) is 4.78.